The molecular formula is C16H28N4O3. The molecule has 0 saturated carbocycles. The largest absolute Gasteiger partial charge is 0.352 e. The van der Waals surface area contributed by atoms with Crippen molar-refractivity contribution >= 4 is 5.91 Å². The van der Waals surface area contributed by atoms with Crippen LogP contribution in [0.25, 0.3) is 0 Å². The Morgan fingerprint density at radius 3 is 2.78 bits per heavy atom. The van der Waals surface area contributed by atoms with Gasteiger partial charge in [-0.15, -0.1) is 0 Å². The average Bonchev–Trinajstić information content (AvgIpc) is 3.14. The number of nitrogens with one attached hydrogen (secondary N) is 1. The van der Waals surface area contributed by atoms with Gasteiger partial charge in [-0.05, 0) is 33.2 Å². The summed E-state index contributed by atoms with van der Waals surface area (Å²) in [6.45, 7) is 7.63. The van der Waals surface area contributed by atoms with Crippen LogP contribution in [0, 0.1) is 0 Å². The summed E-state index contributed by atoms with van der Waals surface area (Å²) < 4.78 is 12.9. The summed E-state index contributed by atoms with van der Waals surface area (Å²) >= 11 is 0. The van der Waals surface area contributed by atoms with E-state index in [1.165, 1.54) is 0 Å². The Bertz CT molecular complexity index is 485. The van der Waals surface area contributed by atoms with Crippen LogP contribution in [0.4, 0.5) is 0 Å². The molecule has 7 nitrogen and oxygen atoms in total. The van der Waals surface area contributed by atoms with Gasteiger partial charge in [0.15, 0.2) is 6.29 Å². The second-order valence-corrected chi connectivity index (χ2v) is 5.74. The second kappa shape index (κ2) is 9.00. The number of ether oxygens (including phenoxy) is 2. The standard InChI is InChI=1S/C16H28N4O3/c1-4-22-15(23-5-2)12-20-8-6-7-14(20)10-17-16(21)13-9-18-19(3)11-13/h9,11,14-15H,4-8,10,12H2,1-3H3,(H,17,21). The fourth-order valence-electron chi connectivity index (χ4n) is 2.93. The molecule has 1 amide bonds. The van der Waals surface area contributed by atoms with Crippen LogP contribution in [0.15, 0.2) is 12.4 Å². The Morgan fingerprint density at radius 2 is 2.17 bits per heavy atom. The highest BCUT2D eigenvalue weighted by atomic mass is 16.7. The molecule has 2 rings (SSSR count). The molecule has 1 N–H and O–H groups in total. The first-order valence-electron chi connectivity index (χ1n) is 8.38. The van der Waals surface area contributed by atoms with E-state index in [1.54, 1.807) is 24.1 Å². The summed E-state index contributed by atoms with van der Waals surface area (Å²) in [7, 11) is 1.80. The summed E-state index contributed by atoms with van der Waals surface area (Å²) in [6.07, 6.45) is 5.33. The Labute approximate surface area is 137 Å². The van der Waals surface area contributed by atoms with E-state index in [2.05, 4.69) is 15.3 Å². The van der Waals surface area contributed by atoms with Crippen molar-refractivity contribution in [3.05, 3.63) is 18.0 Å². The lowest BCUT2D eigenvalue weighted by molar-refractivity contribution is -0.148. The maximum Gasteiger partial charge on any atom is 0.254 e. The van der Waals surface area contributed by atoms with E-state index in [4.69, 9.17) is 9.47 Å². The molecule has 1 aliphatic rings. The molecule has 23 heavy (non-hydrogen) atoms. The fourth-order valence-corrected chi connectivity index (χ4v) is 2.93. The summed E-state index contributed by atoms with van der Waals surface area (Å²) in [5.74, 6) is -0.0730. The lowest BCUT2D eigenvalue weighted by Gasteiger charge is -2.28. The van der Waals surface area contributed by atoms with Crippen LogP contribution in [0.5, 0.6) is 0 Å². The van der Waals surface area contributed by atoms with Gasteiger partial charge >= 0.3 is 0 Å². The Hall–Kier alpha value is -1.44. The highest BCUT2D eigenvalue weighted by Crippen LogP contribution is 2.18. The van der Waals surface area contributed by atoms with Crippen LogP contribution in [0.2, 0.25) is 0 Å². The van der Waals surface area contributed by atoms with Crippen LogP contribution in [0.1, 0.15) is 37.0 Å². The molecule has 1 fully saturated rings. The van der Waals surface area contributed by atoms with Crippen LogP contribution < -0.4 is 5.32 Å². The van der Waals surface area contributed by atoms with Gasteiger partial charge in [-0.3, -0.25) is 14.4 Å². The Balaban J connectivity index is 1.82. The molecular weight excluding hydrogens is 296 g/mol. The summed E-state index contributed by atoms with van der Waals surface area (Å²) in [6, 6.07) is 0.332. The van der Waals surface area contributed by atoms with Crippen molar-refractivity contribution in [1.82, 2.24) is 20.0 Å². The van der Waals surface area contributed by atoms with Crippen molar-refractivity contribution in [2.75, 3.05) is 32.8 Å². The molecule has 1 aromatic rings. The van der Waals surface area contributed by atoms with Crippen molar-refractivity contribution in [2.24, 2.45) is 7.05 Å². The van der Waals surface area contributed by atoms with Gasteiger partial charge in [-0.1, -0.05) is 0 Å². The van der Waals surface area contributed by atoms with Crippen molar-refractivity contribution in [2.45, 2.75) is 39.0 Å². The number of nitrogens with zero attached hydrogens (tertiary/aromatic N) is 3. The second-order valence-electron chi connectivity index (χ2n) is 5.74. The number of rotatable bonds is 9. The third kappa shape index (κ3) is 5.30. The lowest BCUT2D eigenvalue weighted by atomic mass is 10.2. The third-order valence-electron chi connectivity index (χ3n) is 4.05. The molecule has 1 saturated heterocycles. The summed E-state index contributed by atoms with van der Waals surface area (Å²) in [4.78, 5) is 14.5. The average molecular weight is 324 g/mol. The van der Waals surface area contributed by atoms with Gasteiger partial charge in [0.1, 0.15) is 0 Å². The van der Waals surface area contributed by atoms with E-state index < -0.39 is 0 Å². The fraction of sp³-hybridized carbons (Fsp3) is 0.750. The minimum Gasteiger partial charge on any atom is -0.352 e. The monoisotopic (exact) mass is 324 g/mol. The van der Waals surface area contributed by atoms with Gasteiger partial charge in [0.25, 0.3) is 5.91 Å². The molecule has 1 atom stereocenters. The van der Waals surface area contributed by atoms with Crippen molar-refractivity contribution < 1.29 is 14.3 Å². The molecule has 130 valence electrons. The zero-order chi connectivity index (χ0) is 16.7. The lowest BCUT2D eigenvalue weighted by Crippen LogP contribution is -2.44. The third-order valence-corrected chi connectivity index (χ3v) is 4.05. The van der Waals surface area contributed by atoms with Crippen LogP contribution in [-0.4, -0.2) is 65.8 Å². The van der Waals surface area contributed by atoms with Crippen molar-refractivity contribution in [3.63, 3.8) is 0 Å². The smallest absolute Gasteiger partial charge is 0.254 e. The van der Waals surface area contributed by atoms with Gasteiger partial charge < -0.3 is 14.8 Å². The van der Waals surface area contributed by atoms with E-state index in [9.17, 15) is 4.79 Å². The molecule has 0 radical (unpaired) electrons. The zero-order valence-electron chi connectivity index (χ0n) is 14.3. The molecule has 1 unspecified atom stereocenters. The van der Waals surface area contributed by atoms with E-state index >= 15 is 0 Å². The molecule has 0 spiro atoms. The Morgan fingerprint density at radius 1 is 1.43 bits per heavy atom. The first kappa shape index (κ1) is 17.9. The van der Waals surface area contributed by atoms with Gasteiger partial charge in [0.2, 0.25) is 0 Å². The molecule has 0 bridgehead atoms. The quantitative estimate of drug-likeness (QED) is 0.687. The van der Waals surface area contributed by atoms with Crippen LogP contribution in [-0.2, 0) is 16.5 Å². The molecule has 7 heteroatoms. The van der Waals surface area contributed by atoms with Crippen LogP contribution in [0.3, 0.4) is 0 Å². The number of hydrogen-bond acceptors (Lipinski definition) is 5. The van der Waals surface area contributed by atoms with Gasteiger partial charge in [-0.2, -0.15) is 5.10 Å². The number of aromatic nitrogens is 2. The van der Waals surface area contributed by atoms with E-state index in [1.807, 2.05) is 13.8 Å². The van der Waals surface area contributed by atoms with Gasteiger partial charge in [0, 0.05) is 45.6 Å². The molecule has 0 aliphatic carbocycles. The maximum atomic E-state index is 12.1. The molecule has 1 aliphatic heterocycles. The highest BCUT2D eigenvalue weighted by Gasteiger charge is 2.27. The van der Waals surface area contributed by atoms with E-state index in [0.29, 0.717) is 31.4 Å². The minimum absolute atomic E-state index is 0.0730. The number of carbonyl (C=O) groups is 1. The SMILES string of the molecule is CCOC(CN1CCCC1CNC(=O)c1cnn(C)c1)OCC. The number of carbonyl (C=O) groups excluding carboxylic acids is 1. The molecule has 0 aromatic carbocycles. The van der Waals surface area contributed by atoms with Crippen molar-refractivity contribution in [3.8, 4) is 0 Å². The van der Waals surface area contributed by atoms with Gasteiger partial charge in [0.05, 0.1) is 11.8 Å². The first-order chi connectivity index (χ1) is 11.1. The predicted octanol–water partition coefficient (Wildman–Crippen LogP) is 1.01. The molecule has 1 aromatic heterocycles. The normalized spacial score (nSPS) is 18.7. The molecule has 2 heterocycles. The first-order valence-corrected chi connectivity index (χ1v) is 8.38. The number of aryl methyl sites for hydroxylation is 1. The number of likely N-dealkylation sites (tertiary alicyclic amines) is 1. The Kier molecular flexibility index (Phi) is 7.01. The predicted molar refractivity (Wildman–Crippen MR) is 87.2 cm³/mol. The van der Waals surface area contributed by atoms with Crippen molar-refractivity contribution in [1.29, 1.82) is 0 Å². The van der Waals surface area contributed by atoms with Gasteiger partial charge in [-0.25, -0.2) is 0 Å². The zero-order valence-corrected chi connectivity index (χ0v) is 14.3. The van der Waals surface area contributed by atoms with Crippen LogP contribution >= 0.6 is 0 Å². The topological polar surface area (TPSA) is 68.6 Å². The maximum absolute atomic E-state index is 12.1. The highest BCUT2D eigenvalue weighted by molar-refractivity contribution is 5.93. The number of hydrogen-bond donors (Lipinski definition) is 1. The van der Waals surface area contributed by atoms with E-state index in [0.717, 1.165) is 25.9 Å². The number of amides is 1. The summed E-state index contributed by atoms with van der Waals surface area (Å²) in [5, 5.41) is 7.03. The van der Waals surface area contributed by atoms with E-state index in [-0.39, 0.29) is 12.2 Å². The summed E-state index contributed by atoms with van der Waals surface area (Å²) in [5.41, 5.74) is 0.596. The minimum atomic E-state index is -0.195.